The summed E-state index contributed by atoms with van der Waals surface area (Å²) in [6, 6.07) is 0. The van der Waals surface area contributed by atoms with Crippen molar-refractivity contribution in [3.8, 4) is 0 Å². The lowest BCUT2D eigenvalue weighted by atomic mass is 9.65. The van der Waals surface area contributed by atoms with Crippen molar-refractivity contribution >= 4 is 0 Å². The van der Waals surface area contributed by atoms with Gasteiger partial charge in [0.25, 0.3) is 0 Å². The molecule has 2 heteroatoms. The standard InChI is InChI=1S/C18H32O2/c1-2-15-6-11-18(19,12-7-15)16-8-13-20-17(14-16)9-4-3-5-10-17/h15-16,19H,2-14H2,1H3. The molecule has 1 saturated heterocycles. The van der Waals surface area contributed by atoms with Crippen LogP contribution in [0.5, 0.6) is 0 Å². The number of aliphatic hydroxyl groups is 1. The van der Waals surface area contributed by atoms with E-state index >= 15 is 0 Å². The molecule has 0 radical (unpaired) electrons. The molecule has 1 atom stereocenters. The zero-order valence-corrected chi connectivity index (χ0v) is 13.2. The lowest BCUT2D eigenvalue weighted by molar-refractivity contribution is -0.165. The van der Waals surface area contributed by atoms with Gasteiger partial charge in [-0.1, -0.05) is 32.6 Å². The van der Waals surface area contributed by atoms with E-state index < -0.39 is 0 Å². The van der Waals surface area contributed by atoms with Crippen molar-refractivity contribution < 1.29 is 9.84 Å². The molecule has 0 amide bonds. The van der Waals surface area contributed by atoms with Gasteiger partial charge < -0.3 is 9.84 Å². The SMILES string of the molecule is CCC1CCC(O)(C2CCOC3(CCCCC3)C2)CC1. The molecule has 3 fully saturated rings. The molecule has 2 nitrogen and oxygen atoms in total. The predicted octanol–water partition coefficient (Wildman–Crippen LogP) is 4.45. The lowest BCUT2D eigenvalue weighted by Gasteiger charge is -2.50. The number of rotatable bonds is 2. The van der Waals surface area contributed by atoms with Gasteiger partial charge in [0.15, 0.2) is 0 Å². The van der Waals surface area contributed by atoms with Gasteiger partial charge in [0.05, 0.1) is 11.2 Å². The average molecular weight is 280 g/mol. The van der Waals surface area contributed by atoms with Crippen molar-refractivity contribution in [2.45, 2.75) is 95.2 Å². The quantitative estimate of drug-likeness (QED) is 0.810. The summed E-state index contributed by atoms with van der Waals surface area (Å²) in [5, 5.41) is 11.2. The van der Waals surface area contributed by atoms with Crippen LogP contribution in [0.1, 0.15) is 84.0 Å². The van der Waals surface area contributed by atoms with E-state index in [0.717, 1.165) is 38.2 Å². The second-order valence-electron chi connectivity index (χ2n) is 7.74. The van der Waals surface area contributed by atoms with E-state index in [0.29, 0.717) is 5.92 Å². The van der Waals surface area contributed by atoms with Crippen LogP contribution >= 0.6 is 0 Å². The molecule has 1 unspecified atom stereocenters. The number of hydrogen-bond acceptors (Lipinski definition) is 2. The van der Waals surface area contributed by atoms with E-state index in [1.807, 2.05) is 0 Å². The highest BCUT2D eigenvalue weighted by Crippen LogP contribution is 2.48. The molecule has 0 aromatic carbocycles. The van der Waals surface area contributed by atoms with Gasteiger partial charge in [-0.2, -0.15) is 0 Å². The Morgan fingerprint density at radius 1 is 1.00 bits per heavy atom. The fourth-order valence-corrected chi connectivity index (χ4v) is 5.02. The maximum Gasteiger partial charge on any atom is 0.0686 e. The van der Waals surface area contributed by atoms with Crippen molar-refractivity contribution in [1.29, 1.82) is 0 Å². The molecule has 1 aliphatic heterocycles. The van der Waals surface area contributed by atoms with Crippen molar-refractivity contribution in [2.75, 3.05) is 6.61 Å². The largest absolute Gasteiger partial charge is 0.390 e. The first kappa shape index (κ1) is 14.8. The highest BCUT2D eigenvalue weighted by Gasteiger charge is 2.47. The summed E-state index contributed by atoms with van der Waals surface area (Å²) < 4.78 is 6.20. The van der Waals surface area contributed by atoms with Crippen molar-refractivity contribution in [1.82, 2.24) is 0 Å². The summed E-state index contributed by atoms with van der Waals surface area (Å²) >= 11 is 0. The topological polar surface area (TPSA) is 29.5 Å². The molecule has 1 spiro atoms. The molecule has 0 aromatic heterocycles. The highest BCUT2D eigenvalue weighted by molar-refractivity contribution is 4.98. The summed E-state index contributed by atoms with van der Waals surface area (Å²) in [6.45, 7) is 3.17. The molecule has 2 aliphatic carbocycles. The fourth-order valence-electron chi connectivity index (χ4n) is 5.02. The molecule has 1 N–H and O–H groups in total. The van der Waals surface area contributed by atoms with Crippen LogP contribution in [0, 0.1) is 11.8 Å². The van der Waals surface area contributed by atoms with Gasteiger partial charge in [0.1, 0.15) is 0 Å². The number of hydrogen-bond donors (Lipinski definition) is 1. The molecule has 1 heterocycles. The van der Waals surface area contributed by atoms with E-state index in [9.17, 15) is 5.11 Å². The van der Waals surface area contributed by atoms with E-state index in [2.05, 4.69) is 6.92 Å². The van der Waals surface area contributed by atoms with E-state index in [1.54, 1.807) is 0 Å². The first-order chi connectivity index (χ1) is 9.66. The van der Waals surface area contributed by atoms with Gasteiger partial charge >= 0.3 is 0 Å². The van der Waals surface area contributed by atoms with E-state index in [1.165, 1.54) is 51.4 Å². The molecule has 0 aromatic rings. The Hall–Kier alpha value is -0.0800. The van der Waals surface area contributed by atoms with Crippen LogP contribution in [0.15, 0.2) is 0 Å². The molecule has 20 heavy (non-hydrogen) atoms. The van der Waals surface area contributed by atoms with Gasteiger partial charge in [0.2, 0.25) is 0 Å². The second-order valence-corrected chi connectivity index (χ2v) is 7.74. The molecule has 3 rings (SSSR count). The minimum absolute atomic E-state index is 0.137. The van der Waals surface area contributed by atoms with Crippen LogP contribution in [-0.2, 0) is 4.74 Å². The number of ether oxygens (including phenoxy) is 1. The van der Waals surface area contributed by atoms with Gasteiger partial charge in [0, 0.05) is 6.61 Å². The smallest absolute Gasteiger partial charge is 0.0686 e. The van der Waals surface area contributed by atoms with Gasteiger partial charge in [-0.25, -0.2) is 0 Å². The Morgan fingerprint density at radius 3 is 2.35 bits per heavy atom. The summed E-state index contributed by atoms with van der Waals surface area (Å²) in [7, 11) is 0. The Kier molecular flexibility index (Phi) is 4.42. The summed E-state index contributed by atoms with van der Waals surface area (Å²) in [5.74, 6) is 1.35. The summed E-state index contributed by atoms with van der Waals surface area (Å²) in [5.41, 5.74) is -0.238. The first-order valence-corrected chi connectivity index (χ1v) is 9.02. The third kappa shape index (κ3) is 2.92. The highest BCUT2D eigenvalue weighted by atomic mass is 16.5. The average Bonchev–Trinajstić information content (AvgIpc) is 2.49. The minimum Gasteiger partial charge on any atom is -0.390 e. The molecule has 3 aliphatic rings. The van der Waals surface area contributed by atoms with Crippen LogP contribution in [0.4, 0.5) is 0 Å². The normalized spacial score (nSPS) is 41.7. The predicted molar refractivity (Wildman–Crippen MR) is 81.7 cm³/mol. The zero-order chi connectivity index (χ0) is 14.1. The molecular weight excluding hydrogens is 248 g/mol. The Morgan fingerprint density at radius 2 is 1.70 bits per heavy atom. The van der Waals surface area contributed by atoms with Crippen molar-refractivity contribution in [2.24, 2.45) is 11.8 Å². The molecule has 116 valence electrons. The third-order valence-corrected chi connectivity index (χ3v) is 6.57. The molecular formula is C18H32O2. The first-order valence-electron chi connectivity index (χ1n) is 9.02. The van der Waals surface area contributed by atoms with Crippen molar-refractivity contribution in [3.05, 3.63) is 0 Å². The van der Waals surface area contributed by atoms with Crippen LogP contribution in [0.3, 0.4) is 0 Å². The second kappa shape index (κ2) is 5.96. The van der Waals surface area contributed by atoms with Gasteiger partial charge in [-0.15, -0.1) is 0 Å². The minimum atomic E-state index is -0.375. The van der Waals surface area contributed by atoms with Gasteiger partial charge in [-0.3, -0.25) is 0 Å². The lowest BCUT2D eigenvalue weighted by Crippen LogP contribution is -2.50. The van der Waals surface area contributed by atoms with Crippen LogP contribution in [-0.4, -0.2) is 22.9 Å². The van der Waals surface area contributed by atoms with E-state index in [-0.39, 0.29) is 11.2 Å². The summed E-state index contributed by atoms with van der Waals surface area (Å²) in [6.07, 6.45) is 14.5. The van der Waals surface area contributed by atoms with Crippen LogP contribution in [0.25, 0.3) is 0 Å². The van der Waals surface area contributed by atoms with Crippen molar-refractivity contribution in [3.63, 3.8) is 0 Å². The van der Waals surface area contributed by atoms with E-state index in [4.69, 9.17) is 4.74 Å². The maximum absolute atomic E-state index is 11.2. The Labute approximate surface area is 124 Å². The maximum atomic E-state index is 11.2. The van der Waals surface area contributed by atoms with Crippen LogP contribution in [0.2, 0.25) is 0 Å². The summed E-state index contributed by atoms with van der Waals surface area (Å²) in [4.78, 5) is 0. The fraction of sp³-hybridized carbons (Fsp3) is 1.00. The Bertz CT molecular complexity index is 306. The molecule has 2 saturated carbocycles. The molecule has 0 bridgehead atoms. The van der Waals surface area contributed by atoms with Crippen LogP contribution < -0.4 is 0 Å². The Balaban J connectivity index is 1.64. The van der Waals surface area contributed by atoms with Gasteiger partial charge in [-0.05, 0) is 63.2 Å². The monoisotopic (exact) mass is 280 g/mol. The third-order valence-electron chi connectivity index (χ3n) is 6.57. The zero-order valence-electron chi connectivity index (χ0n) is 13.2.